The molecule has 1 aromatic heterocycles. The smallest absolute Gasteiger partial charge is 0.341 e. The summed E-state index contributed by atoms with van der Waals surface area (Å²) in [6.07, 6.45) is 6.56. The number of rotatable bonds is 4. The minimum atomic E-state index is -0.538. The van der Waals surface area contributed by atoms with Crippen molar-refractivity contribution in [3.05, 3.63) is 23.8 Å². The lowest BCUT2D eigenvalue weighted by molar-refractivity contribution is 0.0527. The van der Waals surface area contributed by atoms with E-state index >= 15 is 0 Å². The summed E-state index contributed by atoms with van der Waals surface area (Å²) in [5.41, 5.74) is 0.793. The van der Waals surface area contributed by atoms with E-state index in [1.807, 2.05) is 0 Å². The van der Waals surface area contributed by atoms with Crippen LogP contribution >= 0.6 is 0 Å². The van der Waals surface area contributed by atoms with Gasteiger partial charge in [0, 0.05) is 17.5 Å². The van der Waals surface area contributed by atoms with Gasteiger partial charge in [0.05, 0.1) is 12.1 Å². The maximum atomic E-state index is 12.6. The van der Waals surface area contributed by atoms with Crippen molar-refractivity contribution >= 4 is 28.7 Å². The average Bonchev–Trinajstić information content (AvgIpc) is 2.99. The molecule has 2 N–H and O–H groups in total. The molecule has 2 heterocycles. The zero-order valence-corrected chi connectivity index (χ0v) is 16.5. The third-order valence-corrected chi connectivity index (χ3v) is 5.23. The molecule has 0 atom stereocenters. The fraction of sp³-hybridized carbons (Fsp3) is 0.476. The maximum Gasteiger partial charge on any atom is 0.341 e. The van der Waals surface area contributed by atoms with Crippen LogP contribution in [0.4, 0.5) is 10.6 Å². The first-order valence-electron chi connectivity index (χ1n) is 10.1. The molecule has 1 fully saturated rings. The number of nitrogens with zero attached hydrogens (tertiary/aromatic N) is 1. The number of ether oxygens (including phenoxy) is 3. The highest BCUT2D eigenvalue weighted by Gasteiger charge is 2.22. The molecule has 0 unspecified atom stereocenters. The lowest BCUT2D eigenvalue weighted by atomic mass is 10.1. The molecule has 0 saturated heterocycles. The SMILES string of the molecule is CCOC(=O)c1cc2cc3c(cc2nc1NC(=O)NC1CCCCCC1)OCO3. The molecule has 2 aliphatic rings. The van der Waals surface area contributed by atoms with Gasteiger partial charge in [0.15, 0.2) is 11.5 Å². The van der Waals surface area contributed by atoms with E-state index in [0.717, 1.165) is 25.7 Å². The number of hydrogen-bond acceptors (Lipinski definition) is 6. The summed E-state index contributed by atoms with van der Waals surface area (Å²) < 4.78 is 16.0. The van der Waals surface area contributed by atoms with Crippen molar-refractivity contribution < 1.29 is 23.8 Å². The molecule has 8 nitrogen and oxygen atoms in total. The van der Waals surface area contributed by atoms with Crippen molar-refractivity contribution in [2.45, 2.75) is 51.5 Å². The predicted octanol–water partition coefficient (Wildman–Crippen LogP) is 3.98. The Morgan fingerprint density at radius 2 is 1.83 bits per heavy atom. The highest BCUT2D eigenvalue weighted by atomic mass is 16.7. The van der Waals surface area contributed by atoms with Crippen LogP contribution in [0.15, 0.2) is 18.2 Å². The molecule has 8 heteroatoms. The third-order valence-electron chi connectivity index (χ3n) is 5.23. The lowest BCUT2D eigenvalue weighted by Gasteiger charge is -2.17. The van der Waals surface area contributed by atoms with Gasteiger partial charge in [0.25, 0.3) is 0 Å². The molecule has 154 valence electrons. The number of hydrogen-bond donors (Lipinski definition) is 2. The molecule has 1 saturated carbocycles. The van der Waals surface area contributed by atoms with E-state index < -0.39 is 5.97 Å². The standard InChI is InChI=1S/C21H25N3O5/c1-2-27-20(25)15-9-13-10-17-18(29-12-28-17)11-16(13)23-19(15)24-21(26)22-14-7-5-3-4-6-8-14/h9-11,14H,2-8,12H2,1H3,(H2,22,23,24,26). The second kappa shape index (κ2) is 8.55. The molecular weight excluding hydrogens is 374 g/mol. The van der Waals surface area contributed by atoms with E-state index in [2.05, 4.69) is 15.6 Å². The number of fused-ring (bicyclic) bond motifs is 2. The number of benzene rings is 1. The quantitative estimate of drug-likeness (QED) is 0.596. The number of carbonyl (C=O) groups excluding carboxylic acids is 2. The second-order valence-electron chi connectivity index (χ2n) is 7.29. The van der Waals surface area contributed by atoms with Crippen LogP contribution in [-0.2, 0) is 4.74 Å². The summed E-state index contributed by atoms with van der Waals surface area (Å²) >= 11 is 0. The monoisotopic (exact) mass is 399 g/mol. The average molecular weight is 399 g/mol. The highest BCUT2D eigenvalue weighted by Crippen LogP contribution is 2.36. The van der Waals surface area contributed by atoms with Gasteiger partial charge in [-0.3, -0.25) is 5.32 Å². The summed E-state index contributed by atoms with van der Waals surface area (Å²) in [6.45, 7) is 2.10. The molecule has 0 radical (unpaired) electrons. The van der Waals surface area contributed by atoms with Crippen molar-refractivity contribution in [1.29, 1.82) is 0 Å². The molecule has 2 amide bonds. The third kappa shape index (κ3) is 4.36. The fourth-order valence-corrected chi connectivity index (χ4v) is 3.78. The van der Waals surface area contributed by atoms with E-state index in [0.29, 0.717) is 22.4 Å². The van der Waals surface area contributed by atoms with Gasteiger partial charge in [-0.25, -0.2) is 14.6 Å². The van der Waals surface area contributed by atoms with E-state index in [1.54, 1.807) is 25.1 Å². The van der Waals surface area contributed by atoms with Gasteiger partial charge < -0.3 is 19.5 Å². The molecule has 1 aliphatic heterocycles. The van der Waals surface area contributed by atoms with E-state index in [4.69, 9.17) is 14.2 Å². The number of carbonyl (C=O) groups is 2. The topological polar surface area (TPSA) is 98.8 Å². The van der Waals surface area contributed by atoms with Crippen LogP contribution in [0.2, 0.25) is 0 Å². The van der Waals surface area contributed by atoms with E-state index in [1.165, 1.54) is 12.8 Å². The van der Waals surface area contributed by atoms with Crippen LogP contribution in [0, 0.1) is 0 Å². The zero-order chi connectivity index (χ0) is 20.2. The maximum absolute atomic E-state index is 12.6. The van der Waals surface area contributed by atoms with Crippen molar-refractivity contribution in [2.75, 3.05) is 18.7 Å². The number of anilines is 1. The van der Waals surface area contributed by atoms with Gasteiger partial charge in [0.1, 0.15) is 11.4 Å². The number of pyridine rings is 1. The molecule has 1 aliphatic carbocycles. The van der Waals surface area contributed by atoms with Crippen LogP contribution in [0.1, 0.15) is 55.8 Å². The predicted molar refractivity (Wildman–Crippen MR) is 107 cm³/mol. The summed E-state index contributed by atoms with van der Waals surface area (Å²) in [6, 6.07) is 4.93. The van der Waals surface area contributed by atoms with Crippen LogP contribution in [0.25, 0.3) is 10.9 Å². The van der Waals surface area contributed by atoms with Gasteiger partial charge in [-0.1, -0.05) is 25.7 Å². The Morgan fingerprint density at radius 3 is 2.55 bits per heavy atom. The Bertz CT molecular complexity index is 922. The summed E-state index contributed by atoms with van der Waals surface area (Å²) in [4.78, 5) is 29.6. The Kier molecular flexibility index (Phi) is 5.69. The Hall–Kier alpha value is -3.03. The zero-order valence-electron chi connectivity index (χ0n) is 16.5. The molecule has 0 spiro atoms. The normalized spacial score (nSPS) is 16.3. The number of amides is 2. The first kappa shape index (κ1) is 19.3. The first-order valence-corrected chi connectivity index (χ1v) is 10.1. The number of esters is 1. The van der Waals surface area contributed by atoms with Crippen molar-refractivity contribution in [1.82, 2.24) is 10.3 Å². The van der Waals surface area contributed by atoms with Crippen molar-refractivity contribution in [3.63, 3.8) is 0 Å². The molecule has 4 rings (SSSR count). The largest absolute Gasteiger partial charge is 0.462 e. The number of aromatic nitrogens is 1. The molecule has 1 aromatic carbocycles. The van der Waals surface area contributed by atoms with Gasteiger partial charge in [-0.05, 0) is 31.9 Å². The summed E-state index contributed by atoms with van der Waals surface area (Å²) in [5, 5.41) is 6.45. The number of urea groups is 1. The van der Waals surface area contributed by atoms with Crippen molar-refractivity contribution in [2.24, 2.45) is 0 Å². The van der Waals surface area contributed by atoms with Crippen LogP contribution in [0.3, 0.4) is 0 Å². The Labute approximate surface area is 168 Å². The number of nitrogens with one attached hydrogen (secondary N) is 2. The van der Waals surface area contributed by atoms with Gasteiger partial charge >= 0.3 is 12.0 Å². The molecule has 0 bridgehead atoms. The minimum absolute atomic E-state index is 0.137. The van der Waals surface area contributed by atoms with Crippen molar-refractivity contribution in [3.8, 4) is 11.5 Å². The van der Waals surface area contributed by atoms with Gasteiger partial charge in [-0.2, -0.15) is 0 Å². The Balaban J connectivity index is 1.61. The van der Waals surface area contributed by atoms with E-state index in [-0.39, 0.29) is 36.9 Å². The van der Waals surface area contributed by atoms with Gasteiger partial charge in [-0.15, -0.1) is 0 Å². The van der Waals surface area contributed by atoms with Crippen LogP contribution in [0.5, 0.6) is 11.5 Å². The van der Waals surface area contributed by atoms with Crippen LogP contribution < -0.4 is 20.1 Å². The second-order valence-corrected chi connectivity index (χ2v) is 7.29. The van der Waals surface area contributed by atoms with Gasteiger partial charge in [0.2, 0.25) is 6.79 Å². The highest BCUT2D eigenvalue weighted by molar-refractivity contribution is 6.03. The summed E-state index contributed by atoms with van der Waals surface area (Å²) in [5.74, 6) is 0.814. The Morgan fingerprint density at radius 1 is 1.10 bits per heavy atom. The first-order chi connectivity index (χ1) is 14.1. The molecular formula is C21H25N3O5. The van der Waals surface area contributed by atoms with Crippen LogP contribution in [-0.4, -0.2) is 36.4 Å². The molecule has 2 aromatic rings. The fourth-order valence-electron chi connectivity index (χ4n) is 3.78. The lowest BCUT2D eigenvalue weighted by Crippen LogP contribution is -2.38. The summed E-state index contributed by atoms with van der Waals surface area (Å²) in [7, 11) is 0. The minimum Gasteiger partial charge on any atom is -0.462 e. The van der Waals surface area contributed by atoms with E-state index in [9.17, 15) is 9.59 Å². The molecule has 29 heavy (non-hydrogen) atoms.